The molecular weight excluding hydrogens is 270 g/mol. The molecule has 2 atom stereocenters. The number of carbonyl (C=O) groups excluding carboxylic acids is 1. The van der Waals surface area contributed by atoms with Gasteiger partial charge in [0.05, 0.1) is 4.92 Å². The van der Waals surface area contributed by atoms with Crippen LogP contribution in [-0.4, -0.2) is 16.9 Å². The molecule has 1 aliphatic rings. The van der Waals surface area contributed by atoms with E-state index in [0.29, 0.717) is 5.92 Å². The number of anilines is 1. The second kappa shape index (κ2) is 6.56. The minimum absolute atomic E-state index is 0.0689. The lowest BCUT2D eigenvalue weighted by molar-refractivity contribution is -0.383. The molecule has 6 heteroatoms. The molecule has 2 rings (SSSR count). The van der Waals surface area contributed by atoms with Gasteiger partial charge in [-0.05, 0) is 30.9 Å². The Morgan fingerprint density at radius 3 is 2.76 bits per heavy atom. The van der Waals surface area contributed by atoms with Gasteiger partial charge in [-0.2, -0.15) is 0 Å². The second-order valence-corrected chi connectivity index (χ2v) is 5.73. The summed E-state index contributed by atoms with van der Waals surface area (Å²) in [4.78, 5) is 22.6. The third-order valence-electron chi connectivity index (χ3n) is 4.17. The fourth-order valence-electron chi connectivity index (χ4n) is 2.80. The van der Waals surface area contributed by atoms with E-state index in [1.807, 2.05) is 0 Å². The van der Waals surface area contributed by atoms with Crippen LogP contribution in [0.1, 0.15) is 49.4 Å². The SMILES string of the molecule is CC1CCCCCC1NC(=O)c1ccc(N)c([N+](=O)[O-])c1. The van der Waals surface area contributed by atoms with Gasteiger partial charge in [0.1, 0.15) is 5.69 Å². The highest BCUT2D eigenvalue weighted by Crippen LogP contribution is 2.25. The number of nitro groups is 1. The number of rotatable bonds is 3. The van der Waals surface area contributed by atoms with Crippen LogP contribution < -0.4 is 11.1 Å². The molecule has 2 unspecified atom stereocenters. The monoisotopic (exact) mass is 291 g/mol. The maximum absolute atomic E-state index is 12.3. The van der Waals surface area contributed by atoms with Crippen molar-refractivity contribution in [2.24, 2.45) is 5.92 Å². The summed E-state index contributed by atoms with van der Waals surface area (Å²) < 4.78 is 0. The van der Waals surface area contributed by atoms with Gasteiger partial charge in [0, 0.05) is 17.7 Å². The first-order valence-electron chi connectivity index (χ1n) is 7.34. The van der Waals surface area contributed by atoms with E-state index >= 15 is 0 Å². The molecule has 114 valence electrons. The molecule has 1 fully saturated rings. The van der Waals surface area contributed by atoms with Crippen LogP contribution in [0.2, 0.25) is 0 Å². The lowest BCUT2D eigenvalue weighted by Gasteiger charge is -2.22. The topological polar surface area (TPSA) is 98.3 Å². The molecule has 3 N–H and O–H groups in total. The molecule has 0 radical (unpaired) electrons. The Hall–Kier alpha value is -2.11. The highest BCUT2D eigenvalue weighted by atomic mass is 16.6. The Morgan fingerprint density at radius 1 is 1.33 bits per heavy atom. The molecule has 0 aromatic heterocycles. The third-order valence-corrected chi connectivity index (χ3v) is 4.17. The molecule has 1 amide bonds. The van der Waals surface area contributed by atoms with E-state index in [4.69, 9.17) is 5.73 Å². The summed E-state index contributed by atoms with van der Waals surface area (Å²) in [5.41, 5.74) is 5.67. The quantitative estimate of drug-likeness (QED) is 0.387. The fraction of sp³-hybridized carbons (Fsp3) is 0.533. The highest BCUT2D eigenvalue weighted by molar-refractivity contribution is 5.95. The van der Waals surface area contributed by atoms with Crippen molar-refractivity contribution in [1.29, 1.82) is 0 Å². The predicted octanol–water partition coefficient (Wildman–Crippen LogP) is 2.88. The Bertz CT molecular complexity index is 545. The first kappa shape index (κ1) is 15.3. The van der Waals surface area contributed by atoms with Crippen LogP contribution in [0.5, 0.6) is 0 Å². The van der Waals surface area contributed by atoms with Gasteiger partial charge in [-0.25, -0.2) is 0 Å². The highest BCUT2D eigenvalue weighted by Gasteiger charge is 2.23. The number of amides is 1. The molecule has 0 aliphatic heterocycles. The minimum Gasteiger partial charge on any atom is -0.393 e. The van der Waals surface area contributed by atoms with E-state index < -0.39 is 4.92 Å². The summed E-state index contributed by atoms with van der Waals surface area (Å²) in [6.07, 6.45) is 5.57. The summed E-state index contributed by atoms with van der Waals surface area (Å²) in [5, 5.41) is 13.9. The maximum Gasteiger partial charge on any atom is 0.292 e. The molecule has 1 aromatic rings. The van der Waals surface area contributed by atoms with Crippen LogP contribution in [0.3, 0.4) is 0 Å². The summed E-state index contributed by atoms with van der Waals surface area (Å²) in [5.74, 6) is 0.164. The van der Waals surface area contributed by atoms with Gasteiger partial charge in [-0.15, -0.1) is 0 Å². The molecule has 21 heavy (non-hydrogen) atoms. The summed E-state index contributed by atoms with van der Waals surface area (Å²) in [6.45, 7) is 2.14. The number of nitrogens with one attached hydrogen (secondary N) is 1. The predicted molar refractivity (Wildman–Crippen MR) is 81.0 cm³/mol. The van der Waals surface area contributed by atoms with Gasteiger partial charge < -0.3 is 11.1 Å². The summed E-state index contributed by atoms with van der Waals surface area (Å²) in [6, 6.07) is 4.31. The molecule has 1 aromatic carbocycles. The Morgan fingerprint density at radius 2 is 2.05 bits per heavy atom. The van der Waals surface area contributed by atoms with Crippen LogP contribution in [0.4, 0.5) is 11.4 Å². The average molecular weight is 291 g/mol. The number of hydrogen-bond acceptors (Lipinski definition) is 4. The van der Waals surface area contributed by atoms with Crippen molar-refractivity contribution >= 4 is 17.3 Å². The Balaban J connectivity index is 2.12. The zero-order valence-corrected chi connectivity index (χ0v) is 12.2. The molecule has 0 spiro atoms. The number of hydrogen-bond donors (Lipinski definition) is 2. The summed E-state index contributed by atoms with van der Waals surface area (Å²) >= 11 is 0. The van der Waals surface area contributed by atoms with Crippen LogP contribution in [0.15, 0.2) is 18.2 Å². The number of nitrogens with zero attached hydrogens (tertiary/aromatic N) is 1. The van der Waals surface area contributed by atoms with Crippen LogP contribution in [0, 0.1) is 16.0 Å². The van der Waals surface area contributed by atoms with Crippen LogP contribution >= 0.6 is 0 Å². The van der Waals surface area contributed by atoms with Crippen molar-refractivity contribution in [1.82, 2.24) is 5.32 Å². The second-order valence-electron chi connectivity index (χ2n) is 5.73. The fourth-order valence-corrected chi connectivity index (χ4v) is 2.80. The Kier molecular flexibility index (Phi) is 4.77. The number of nitrogens with two attached hydrogens (primary N) is 1. The molecule has 0 bridgehead atoms. The standard InChI is InChI=1S/C15H21N3O3/c1-10-5-3-2-4-6-13(10)17-15(19)11-7-8-12(16)14(9-11)18(20)21/h7-10,13H,2-6,16H2,1H3,(H,17,19). The van der Waals surface area contributed by atoms with Gasteiger partial charge in [-0.3, -0.25) is 14.9 Å². The van der Waals surface area contributed by atoms with Crippen molar-refractivity contribution < 1.29 is 9.72 Å². The van der Waals surface area contributed by atoms with Gasteiger partial charge in [0.2, 0.25) is 0 Å². The minimum atomic E-state index is -0.569. The van der Waals surface area contributed by atoms with E-state index in [2.05, 4.69) is 12.2 Å². The van der Waals surface area contributed by atoms with Gasteiger partial charge >= 0.3 is 0 Å². The lowest BCUT2D eigenvalue weighted by Crippen LogP contribution is -2.38. The lowest BCUT2D eigenvalue weighted by atomic mass is 9.96. The molecule has 6 nitrogen and oxygen atoms in total. The van der Waals surface area contributed by atoms with Crippen molar-refractivity contribution in [3.05, 3.63) is 33.9 Å². The molecule has 0 saturated heterocycles. The van der Waals surface area contributed by atoms with Gasteiger partial charge in [0.25, 0.3) is 11.6 Å². The molecule has 1 saturated carbocycles. The number of carbonyl (C=O) groups is 1. The number of nitro benzene ring substituents is 1. The number of nitrogen functional groups attached to an aromatic ring is 1. The average Bonchev–Trinajstić information content (AvgIpc) is 2.64. The van der Waals surface area contributed by atoms with Crippen molar-refractivity contribution in [2.45, 2.75) is 45.1 Å². The van der Waals surface area contributed by atoms with E-state index in [9.17, 15) is 14.9 Å². The molecule has 0 heterocycles. The maximum atomic E-state index is 12.3. The van der Waals surface area contributed by atoms with Gasteiger partial charge in [0.15, 0.2) is 0 Å². The third kappa shape index (κ3) is 3.71. The van der Waals surface area contributed by atoms with E-state index in [0.717, 1.165) is 19.3 Å². The zero-order chi connectivity index (χ0) is 15.4. The van der Waals surface area contributed by atoms with Gasteiger partial charge in [-0.1, -0.05) is 26.2 Å². The molecular formula is C15H21N3O3. The smallest absolute Gasteiger partial charge is 0.292 e. The van der Waals surface area contributed by atoms with Crippen molar-refractivity contribution in [2.75, 3.05) is 5.73 Å². The van der Waals surface area contributed by atoms with Crippen molar-refractivity contribution in [3.8, 4) is 0 Å². The first-order chi connectivity index (χ1) is 9.99. The zero-order valence-electron chi connectivity index (χ0n) is 12.2. The first-order valence-corrected chi connectivity index (χ1v) is 7.34. The van der Waals surface area contributed by atoms with E-state index in [1.165, 1.54) is 31.0 Å². The van der Waals surface area contributed by atoms with E-state index in [-0.39, 0.29) is 28.9 Å². The molecule has 1 aliphatic carbocycles. The normalized spacial score (nSPS) is 22.3. The van der Waals surface area contributed by atoms with Crippen molar-refractivity contribution in [3.63, 3.8) is 0 Å². The van der Waals surface area contributed by atoms with Crippen LogP contribution in [-0.2, 0) is 0 Å². The Labute approximate surface area is 123 Å². The largest absolute Gasteiger partial charge is 0.393 e. The van der Waals surface area contributed by atoms with Crippen LogP contribution in [0.25, 0.3) is 0 Å². The number of benzene rings is 1. The summed E-state index contributed by atoms with van der Waals surface area (Å²) in [7, 11) is 0. The van der Waals surface area contributed by atoms with E-state index in [1.54, 1.807) is 0 Å².